The van der Waals surface area contributed by atoms with E-state index in [4.69, 9.17) is 19.6 Å². The number of amides is 2. The number of guanidine groups is 1. The van der Waals surface area contributed by atoms with Crippen LogP contribution in [0.3, 0.4) is 0 Å². The van der Waals surface area contributed by atoms with E-state index in [1.807, 2.05) is 30.3 Å². The summed E-state index contributed by atoms with van der Waals surface area (Å²) in [6, 6.07) is 11.1. The Morgan fingerprint density at radius 3 is 2.21 bits per heavy atom. The lowest BCUT2D eigenvalue weighted by atomic mass is 10.1. The van der Waals surface area contributed by atoms with Crippen molar-refractivity contribution < 1.29 is 28.2 Å². The Kier molecular flexibility index (Phi) is 8.84. The summed E-state index contributed by atoms with van der Waals surface area (Å²) in [5.74, 6) is 0.188. The lowest BCUT2D eigenvalue weighted by molar-refractivity contribution is 0.0346. The Morgan fingerprint density at radius 2 is 1.59 bits per heavy atom. The Labute approximate surface area is 199 Å². The van der Waals surface area contributed by atoms with Gasteiger partial charge in [-0.3, -0.25) is 15.1 Å². The lowest BCUT2D eigenvalue weighted by Gasteiger charge is -2.28. The third-order valence-corrected chi connectivity index (χ3v) is 4.27. The first kappa shape index (κ1) is 26.9. The van der Waals surface area contributed by atoms with Crippen LogP contribution in [-0.2, 0) is 16.0 Å². The van der Waals surface area contributed by atoms with E-state index < -0.39 is 36.0 Å². The number of alkyl halides is 1. The second kappa shape index (κ2) is 11.2. The van der Waals surface area contributed by atoms with Crippen LogP contribution in [0.2, 0.25) is 0 Å². The highest BCUT2D eigenvalue weighted by Crippen LogP contribution is 2.23. The van der Waals surface area contributed by atoms with Crippen molar-refractivity contribution in [2.24, 2.45) is 0 Å². The van der Waals surface area contributed by atoms with E-state index >= 15 is 0 Å². The number of benzene rings is 2. The van der Waals surface area contributed by atoms with Crippen molar-refractivity contribution in [3.8, 4) is 5.75 Å². The van der Waals surface area contributed by atoms with Gasteiger partial charge in [-0.2, -0.15) is 0 Å². The van der Waals surface area contributed by atoms with Crippen LogP contribution in [0, 0.1) is 5.41 Å². The molecule has 0 aliphatic rings. The molecule has 0 radical (unpaired) electrons. The van der Waals surface area contributed by atoms with Crippen LogP contribution in [0.15, 0.2) is 36.4 Å². The monoisotopic (exact) mass is 475 g/mol. The molecule has 2 rings (SSSR count). The maximum Gasteiger partial charge on any atom is 0.417 e. The van der Waals surface area contributed by atoms with Crippen molar-refractivity contribution in [2.45, 2.75) is 65.7 Å². The Balaban J connectivity index is 2.23. The average Bonchev–Trinajstić information content (AvgIpc) is 2.69. The van der Waals surface area contributed by atoms with Gasteiger partial charge < -0.3 is 14.2 Å². The molecule has 2 aromatic rings. The van der Waals surface area contributed by atoms with Crippen LogP contribution < -0.4 is 10.1 Å². The molecule has 0 spiro atoms. The van der Waals surface area contributed by atoms with Crippen molar-refractivity contribution in [2.75, 3.05) is 13.3 Å². The lowest BCUT2D eigenvalue weighted by Crippen LogP contribution is -2.49. The van der Waals surface area contributed by atoms with Crippen molar-refractivity contribution in [1.29, 1.82) is 5.41 Å². The number of fused-ring (bicyclic) bond motifs is 1. The summed E-state index contributed by atoms with van der Waals surface area (Å²) in [4.78, 5) is 26.0. The van der Waals surface area contributed by atoms with Crippen molar-refractivity contribution in [3.05, 3.63) is 42.0 Å². The van der Waals surface area contributed by atoms with E-state index in [1.165, 1.54) is 0 Å². The SMILES string of the molecule is CC(C)(C)OC(=O)NC(=N)N(Cc1ccc2cc(OCCCF)ccc2c1)C(=O)OC(C)(C)C. The molecule has 2 N–H and O–H groups in total. The first-order chi connectivity index (χ1) is 15.8. The zero-order valence-electron chi connectivity index (χ0n) is 20.7. The van der Waals surface area contributed by atoms with Gasteiger partial charge in [-0.25, -0.2) is 14.5 Å². The van der Waals surface area contributed by atoms with Gasteiger partial charge in [0.15, 0.2) is 0 Å². The standard InChI is InChI=1S/C25H34FN3O5/c1-24(2,3)33-22(30)28-21(27)29(23(31)34-25(4,5)6)16-17-8-9-19-15-20(32-13-7-12-26)11-10-18(19)14-17/h8-11,14-15H,7,12-13,16H2,1-6H3,(H2,27,28,30). The van der Waals surface area contributed by atoms with Gasteiger partial charge in [-0.15, -0.1) is 0 Å². The van der Waals surface area contributed by atoms with Crippen LogP contribution in [0.5, 0.6) is 5.75 Å². The maximum atomic E-state index is 12.8. The molecule has 0 unspecified atom stereocenters. The van der Waals surface area contributed by atoms with Crippen LogP contribution >= 0.6 is 0 Å². The van der Waals surface area contributed by atoms with Crippen molar-refractivity contribution in [1.82, 2.24) is 10.2 Å². The number of nitrogens with one attached hydrogen (secondary N) is 2. The van der Waals surface area contributed by atoms with E-state index in [0.29, 0.717) is 18.8 Å². The van der Waals surface area contributed by atoms with Gasteiger partial charge in [0.25, 0.3) is 0 Å². The summed E-state index contributed by atoms with van der Waals surface area (Å²) in [7, 11) is 0. The second-order valence-corrected chi connectivity index (χ2v) is 9.78. The minimum atomic E-state index is -0.843. The van der Waals surface area contributed by atoms with E-state index in [1.54, 1.807) is 47.6 Å². The fourth-order valence-electron chi connectivity index (χ4n) is 2.91. The molecule has 0 saturated heterocycles. The molecule has 34 heavy (non-hydrogen) atoms. The Morgan fingerprint density at radius 1 is 0.971 bits per heavy atom. The van der Waals surface area contributed by atoms with Gasteiger partial charge in [0.2, 0.25) is 5.96 Å². The van der Waals surface area contributed by atoms with E-state index in [9.17, 15) is 14.0 Å². The van der Waals surface area contributed by atoms with Gasteiger partial charge in [0.05, 0.1) is 19.8 Å². The molecule has 0 aliphatic carbocycles. The highest BCUT2D eigenvalue weighted by Gasteiger charge is 2.28. The molecule has 8 nitrogen and oxygen atoms in total. The van der Waals surface area contributed by atoms with Crippen LogP contribution in [-0.4, -0.2) is 47.5 Å². The molecular formula is C25H34FN3O5. The predicted molar refractivity (Wildman–Crippen MR) is 129 cm³/mol. The van der Waals surface area contributed by atoms with Gasteiger partial charge in [-0.05, 0) is 76.1 Å². The highest BCUT2D eigenvalue weighted by molar-refractivity contribution is 5.99. The molecule has 0 saturated carbocycles. The molecule has 0 aromatic heterocycles. The predicted octanol–water partition coefficient (Wildman–Crippen LogP) is 5.77. The van der Waals surface area contributed by atoms with Gasteiger partial charge in [-0.1, -0.05) is 18.2 Å². The minimum Gasteiger partial charge on any atom is -0.493 e. The molecule has 0 atom stereocenters. The number of ether oxygens (including phenoxy) is 3. The van der Waals surface area contributed by atoms with E-state index in [2.05, 4.69) is 5.32 Å². The summed E-state index contributed by atoms with van der Waals surface area (Å²) in [5.41, 5.74) is -0.822. The molecule has 0 fully saturated rings. The van der Waals surface area contributed by atoms with Crippen molar-refractivity contribution >= 4 is 28.9 Å². The number of carbonyl (C=O) groups is 2. The third-order valence-electron chi connectivity index (χ3n) is 4.27. The van der Waals surface area contributed by atoms with Crippen LogP contribution in [0.25, 0.3) is 10.8 Å². The number of alkyl carbamates (subject to hydrolysis) is 1. The summed E-state index contributed by atoms with van der Waals surface area (Å²) in [5, 5.41) is 12.4. The molecule has 0 bridgehead atoms. The fourth-order valence-corrected chi connectivity index (χ4v) is 2.91. The molecule has 0 heterocycles. The normalized spacial score (nSPS) is 11.6. The second-order valence-electron chi connectivity index (χ2n) is 9.78. The molecule has 186 valence electrons. The number of hydrogen-bond acceptors (Lipinski definition) is 6. The molecule has 2 aromatic carbocycles. The summed E-state index contributed by atoms with van der Waals surface area (Å²) in [6.45, 7) is 10.1. The average molecular weight is 476 g/mol. The highest BCUT2D eigenvalue weighted by atomic mass is 19.1. The largest absolute Gasteiger partial charge is 0.493 e. The van der Waals surface area contributed by atoms with Crippen LogP contribution in [0.1, 0.15) is 53.5 Å². The Hall–Kier alpha value is -3.36. The smallest absolute Gasteiger partial charge is 0.417 e. The zero-order valence-corrected chi connectivity index (χ0v) is 20.7. The molecule has 2 amide bonds. The number of hydrogen-bond donors (Lipinski definition) is 2. The third kappa shape index (κ3) is 8.88. The molecular weight excluding hydrogens is 441 g/mol. The number of nitrogens with zero attached hydrogens (tertiary/aromatic N) is 1. The van der Waals surface area contributed by atoms with Gasteiger partial charge in [0.1, 0.15) is 17.0 Å². The molecule has 9 heteroatoms. The van der Waals surface area contributed by atoms with Crippen LogP contribution in [0.4, 0.5) is 14.0 Å². The quantitative estimate of drug-likeness (QED) is 0.314. The van der Waals surface area contributed by atoms with Gasteiger partial charge in [0, 0.05) is 6.42 Å². The first-order valence-corrected chi connectivity index (χ1v) is 11.1. The first-order valence-electron chi connectivity index (χ1n) is 11.1. The number of rotatable bonds is 6. The Bertz CT molecular complexity index is 1030. The fraction of sp³-hybridized carbons (Fsp3) is 0.480. The maximum absolute atomic E-state index is 12.8. The van der Waals surface area contributed by atoms with E-state index in [0.717, 1.165) is 21.2 Å². The molecule has 0 aliphatic heterocycles. The summed E-state index contributed by atoms with van der Waals surface area (Å²) >= 11 is 0. The zero-order chi connectivity index (χ0) is 25.5. The van der Waals surface area contributed by atoms with Gasteiger partial charge >= 0.3 is 12.2 Å². The summed E-state index contributed by atoms with van der Waals surface area (Å²) in [6.07, 6.45) is -1.28. The number of carbonyl (C=O) groups excluding carboxylic acids is 2. The topological polar surface area (TPSA) is 101 Å². The number of halogens is 1. The van der Waals surface area contributed by atoms with Crippen molar-refractivity contribution in [3.63, 3.8) is 0 Å². The summed E-state index contributed by atoms with van der Waals surface area (Å²) < 4.78 is 28.5. The van der Waals surface area contributed by atoms with E-state index in [-0.39, 0.29) is 6.54 Å². The minimum absolute atomic E-state index is 0.00572.